The first-order valence-corrected chi connectivity index (χ1v) is 19.4. The Balaban J connectivity index is 0.000000152. The molecule has 6 heteroatoms. The third kappa shape index (κ3) is 6.61. The summed E-state index contributed by atoms with van der Waals surface area (Å²) in [6.07, 6.45) is 15.8. The molecule has 2 aromatic carbocycles. The Labute approximate surface area is 288 Å². The number of benzene rings is 2. The number of ether oxygens (including phenoxy) is 1. The van der Waals surface area contributed by atoms with Gasteiger partial charge in [0.25, 0.3) is 0 Å². The van der Waals surface area contributed by atoms with Crippen LogP contribution in [0.3, 0.4) is 0 Å². The predicted molar refractivity (Wildman–Crippen MR) is 190 cm³/mol. The molecule has 0 spiro atoms. The van der Waals surface area contributed by atoms with Gasteiger partial charge in [0.1, 0.15) is 0 Å². The summed E-state index contributed by atoms with van der Waals surface area (Å²) in [6, 6.07) is 22.9. The highest BCUT2D eigenvalue weighted by Gasteiger charge is 2.57. The van der Waals surface area contributed by atoms with E-state index in [1.807, 2.05) is 6.92 Å². The lowest BCUT2D eigenvalue weighted by Gasteiger charge is -2.37. The quantitative estimate of drug-likeness (QED) is 0.303. The highest BCUT2D eigenvalue weighted by atomic mass is 16.5. The molecule has 4 aliphatic carbocycles. The van der Waals surface area contributed by atoms with Crippen molar-refractivity contribution in [3.63, 3.8) is 0 Å². The predicted octanol–water partition coefficient (Wildman–Crippen LogP) is 8.28. The molecule has 0 amide bonds. The molecule has 260 valence electrons. The van der Waals surface area contributed by atoms with Crippen LogP contribution in [0.4, 0.5) is 0 Å². The Morgan fingerprint density at radius 2 is 1.12 bits per heavy atom. The van der Waals surface area contributed by atoms with Crippen LogP contribution >= 0.6 is 0 Å². The van der Waals surface area contributed by atoms with Gasteiger partial charge in [0.2, 0.25) is 0 Å². The summed E-state index contributed by atoms with van der Waals surface area (Å²) < 4.78 is 5.48. The van der Waals surface area contributed by atoms with Crippen LogP contribution in [0, 0.1) is 22.7 Å². The van der Waals surface area contributed by atoms with Crippen LogP contribution in [0.1, 0.15) is 120 Å². The van der Waals surface area contributed by atoms with Crippen LogP contribution in [-0.4, -0.2) is 71.7 Å². The second-order valence-corrected chi connectivity index (χ2v) is 16.1. The van der Waals surface area contributed by atoms with E-state index in [-0.39, 0.29) is 16.8 Å². The van der Waals surface area contributed by atoms with Crippen molar-refractivity contribution >= 4 is 11.9 Å². The van der Waals surface area contributed by atoms with Crippen LogP contribution in [0.5, 0.6) is 0 Å². The number of esters is 1. The lowest BCUT2D eigenvalue weighted by atomic mass is 9.80. The van der Waals surface area contributed by atoms with E-state index in [9.17, 15) is 14.7 Å². The topological polar surface area (TPSA) is 70.1 Å². The molecule has 0 radical (unpaired) electrons. The molecule has 2 aromatic rings. The average Bonchev–Trinajstić information content (AvgIpc) is 3.90. The zero-order chi connectivity index (χ0) is 33.1. The zero-order valence-electron chi connectivity index (χ0n) is 29.2. The fourth-order valence-electron chi connectivity index (χ4n) is 11.4. The minimum absolute atomic E-state index is 0.0965. The van der Waals surface area contributed by atoms with E-state index in [4.69, 9.17) is 4.74 Å². The summed E-state index contributed by atoms with van der Waals surface area (Å²) in [7, 11) is 0. The fourth-order valence-corrected chi connectivity index (χ4v) is 11.4. The van der Waals surface area contributed by atoms with Gasteiger partial charge < -0.3 is 19.6 Å². The van der Waals surface area contributed by atoms with Gasteiger partial charge in [-0.1, -0.05) is 73.5 Å². The van der Waals surface area contributed by atoms with Gasteiger partial charge in [-0.3, -0.25) is 9.59 Å². The molecule has 2 saturated heterocycles. The van der Waals surface area contributed by atoms with Gasteiger partial charge in [-0.25, -0.2) is 0 Å². The van der Waals surface area contributed by atoms with Crippen molar-refractivity contribution in [2.45, 2.75) is 121 Å². The van der Waals surface area contributed by atoms with Gasteiger partial charge in [-0.15, -0.1) is 0 Å². The molecular weight excluding hydrogens is 596 g/mol. The van der Waals surface area contributed by atoms with E-state index in [0.29, 0.717) is 42.4 Å². The lowest BCUT2D eigenvalue weighted by Crippen LogP contribution is -2.41. The highest BCUT2D eigenvalue weighted by Crippen LogP contribution is 2.57. The number of hydrogen-bond donors (Lipinski definition) is 1. The first kappa shape index (κ1) is 33.8. The fraction of sp³-hybridized carbons (Fsp3) is 0.667. The summed E-state index contributed by atoms with van der Waals surface area (Å²) >= 11 is 0. The van der Waals surface area contributed by atoms with E-state index in [0.717, 1.165) is 58.0 Å². The van der Waals surface area contributed by atoms with Gasteiger partial charge in [0.15, 0.2) is 0 Å². The number of likely N-dealkylation sites (tertiary alicyclic amines) is 2. The maximum absolute atomic E-state index is 12.7. The second kappa shape index (κ2) is 14.6. The first-order chi connectivity index (χ1) is 23.4. The Kier molecular flexibility index (Phi) is 10.3. The molecule has 4 saturated carbocycles. The summed E-state index contributed by atoms with van der Waals surface area (Å²) in [6.45, 7) is 7.06. The van der Waals surface area contributed by atoms with Gasteiger partial charge in [0.05, 0.1) is 17.4 Å². The average molecular weight is 655 g/mol. The largest absolute Gasteiger partial charge is 0.481 e. The summed E-state index contributed by atoms with van der Waals surface area (Å²) in [5.41, 5.74) is 2.42. The molecule has 2 aliphatic heterocycles. The van der Waals surface area contributed by atoms with Crippen molar-refractivity contribution in [3.8, 4) is 0 Å². The minimum Gasteiger partial charge on any atom is -0.481 e. The SMILES string of the molecule is CCOC(=O)C12CCCC1CC(N1CCC(c3ccccc3)CC1)C2.O=C(O)C12CCCC1CC(N1CCC(c3ccccc3)CC1)C2. The van der Waals surface area contributed by atoms with Crippen LogP contribution in [-0.2, 0) is 14.3 Å². The molecule has 6 fully saturated rings. The van der Waals surface area contributed by atoms with E-state index in [2.05, 4.69) is 70.5 Å². The lowest BCUT2D eigenvalue weighted by molar-refractivity contribution is -0.157. The number of hydrogen-bond acceptors (Lipinski definition) is 5. The number of nitrogens with zero attached hydrogens (tertiary/aromatic N) is 2. The van der Waals surface area contributed by atoms with Crippen molar-refractivity contribution in [2.24, 2.45) is 22.7 Å². The van der Waals surface area contributed by atoms with Gasteiger partial charge in [-0.05, 0) is 145 Å². The Morgan fingerprint density at radius 3 is 1.56 bits per heavy atom. The van der Waals surface area contributed by atoms with Gasteiger partial charge >= 0.3 is 11.9 Å². The van der Waals surface area contributed by atoms with E-state index in [1.165, 1.54) is 69.2 Å². The highest BCUT2D eigenvalue weighted by molar-refractivity contribution is 5.78. The normalized spacial score (nSPS) is 34.3. The minimum atomic E-state index is -0.526. The smallest absolute Gasteiger partial charge is 0.312 e. The van der Waals surface area contributed by atoms with E-state index >= 15 is 0 Å². The molecule has 48 heavy (non-hydrogen) atoms. The summed E-state index contributed by atoms with van der Waals surface area (Å²) in [5.74, 6) is 1.94. The maximum atomic E-state index is 12.7. The molecule has 0 bridgehead atoms. The number of fused-ring (bicyclic) bond motifs is 2. The van der Waals surface area contributed by atoms with Crippen LogP contribution in [0.25, 0.3) is 0 Å². The second-order valence-electron chi connectivity index (χ2n) is 16.1. The third-order valence-corrected chi connectivity index (χ3v) is 14.0. The molecule has 6 unspecified atom stereocenters. The van der Waals surface area contributed by atoms with Crippen LogP contribution < -0.4 is 0 Å². The number of carboxylic acids is 1. The number of rotatable bonds is 7. The van der Waals surface area contributed by atoms with E-state index in [1.54, 1.807) is 0 Å². The molecule has 6 nitrogen and oxygen atoms in total. The first-order valence-electron chi connectivity index (χ1n) is 19.4. The molecule has 6 atom stereocenters. The van der Waals surface area contributed by atoms with Gasteiger partial charge in [0, 0.05) is 12.1 Å². The molecular formula is C42H58N2O4. The van der Waals surface area contributed by atoms with Gasteiger partial charge in [-0.2, -0.15) is 0 Å². The molecule has 2 heterocycles. The van der Waals surface area contributed by atoms with E-state index < -0.39 is 5.97 Å². The summed E-state index contributed by atoms with van der Waals surface area (Å²) in [4.78, 5) is 29.8. The molecule has 8 rings (SSSR count). The van der Waals surface area contributed by atoms with Crippen molar-refractivity contribution in [1.29, 1.82) is 0 Å². The number of aliphatic carboxylic acids is 1. The van der Waals surface area contributed by atoms with Crippen molar-refractivity contribution in [3.05, 3.63) is 71.8 Å². The Hall–Kier alpha value is -2.70. The maximum Gasteiger partial charge on any atom is 0.312 e. The number of carboxylic acid groups (broad SMARTS) is 1. The Morgan fingerprint density at radius 1 is 0.688 bits per heavy atom. The van der Waals surface area contributed by atoms with Crippen molar-refractivity contribution < 1.29 is 19.4 Å². The molecule has 0 aromatic heterocycles. The number of carbonyl (C=O) groups excluding carboxylic acids is 1. The van der Waals surface area contributed by atoms with Crippen molar-refractivity contribution in [2.75, 3.05) is 32.8 Å². The third-order valence-electron chi connectivity index (χ3n) is 14.0. The number of carbonyl (C=O) groups is 2. The number of piperidine rings is 2. The van der Waals surface area contributed by atoms with Crippen LogP contribution in [0.15, 0.2) is 60.7 Å². The molecule has 6 aliphatic rings. The zero-order valence-corrected chi connectivity index (χ0v) is 29.2. The van der Waals surface area contributed by atoms with Crippen molar-refractivity contribution in [1.82, 2.24) is 9.80 Å². The molecule has 1 N–H and O–H groups in total. The standard InChI is InChI=1S/C22H31NO2.C20H27NO2/c1-2-25-21(24)22-12-6-9-19(22)15-20(16-22)23-13-10-18(11-14-23)17-7-4-3-5-8-17;22-19(23)20-10-4-7-17(20)13-18(14-20)21-11-8-16(9-12-21)15-5-2-1-3-6-15/h3-5,7-8,18-20H,2,6,9-16H2,1H3;1-3,5-6,16-18H,4,7-14H2,(H,22,23). The van der Waals surface area contributed by atoms with Crippen LogP contribution in [0.2, 0.25) is 0 Å². The Bertz CT molecular complexity index is 1370. The summed E-state index contributed by atoms with van der Waals surface area (Å²) in [5, 5.41) is 9.76. The monoisotopic (exact) mass is 654 g/mol.